The van der Waals surface area contributed by atoms with Gasteiger partial charge in [-0.15, -0.1) is 0 Å². The first kappa shape index (κ1) is 25.9. The van der Waals surface area contributed by atoms with Crippen molar-refractivity contribution in [2.75, 3.05) is 6.54 Å². The van der Waals surface area contributed by atoms with Gasteiger partial charge >= 0.3 is 0 Å². The lowest BCUT2D eigenvalue weighted by Crippen LogP contribution is -2.31. The van der Waals surface area contributed by atoms with E-state index in [-0.39, 0.29) is 11.2 Å². The Hall–Kier alpha value is -0.400. The van der Waals surface area contributed by atoms with Gasteiger partial charge in [0.15, 0.2) is 0 Å². The molecule has 0 aromatic heterocycles. The van der Waals surface area contributed by atoms with Crippen LogP contribution in [0.4, 0.5) is 0 Å². The summed E-state index contributed by atoms with van der Waals surface area (Å²) in [5.74, 6) is 0.254. The van der Waals surface area contributed by atoms with Crippen molar-refractivity contribution in [1.82, 2.24) is 5.32 Å². The molecule has 1 saturated carbocycles. The summed E-state index contributed by atoms with van der Waals surface area (Å²) < 4.78 is 0. The van der Waals surface area contributed by atoms with Crippen molar-refractivity contribution in [2.45, 2.75) is 153 Å². The van der Waals surface area contributed by atoms with Gasteiger partial charge in [-0.2, -0.15) is 0 Å². The van der Waals surface area contributed by atoms with Crippen LogP contribution in [0.2, 0.25) is 10.6 Å². The number of carbonyl (C=O) groups excluding carboxylic acids is 1. The van der Waals surface area contributed by atoms with Gasteiger partial charge in [0.25, 0.3) is 0 Å². The first-order chi connectivity index (χ1) is 14.5. The second-order valence-corrected chi connectivity index (χ2v) is 11.0. The van der Waals surface area contributed by atoms with Gasteiger partial charge in [0.2, 0.25) is 5.91 Å². The summed E-state index contributed by atoms with van der Waals surface area (Å²) in [6.07, 6.45) is 26.1. The van der Waals surface area contributed by atoms with Crippen LogP contribution in [0.5, 0.6) is 0 Å². The van der Waals surface area contributed by atoms with E-state index in [1.54, 1.807) is 0 Å². The minimum absolute atomic E-state index is 0.254. The van der Waals surface area contributed by atoms with Crippen LogP contribution in [0.3, 0.4) is 0 Å². The zero-order valence-corrected chi connectivity index (χ0v) is 20.4. The maximum absolute atomic E-state index is 12.0. The van der Waals surface area contributed by atoms with Gasteiger partial charge in [-0.1, -0.05) is 134 Å². The Morgan fingerprint density at radius 3 is 1.40 bits per heavy atom. The van der Waals surface area contributed by atoms with Crippen LogP contribution in [0, 0.1) is 0 Å². The van der Waals surface area contributed by atoms with Crippen LogP contribution in [0.25, 0.3) is 0 Å². The molecule has 1 aliphatic heterocycles. The van der Waals surface area contributed by atoms with E-state index in [0.717, 1.165) is 25.8 Å². The van der Waals surface area contributed by atoms with E-state index in [1.165, 1.54) is 103 Å². The Labute approximate surface area is 190 Å². The number of rotatable bonds is 3. The quantitative estimate of drug-likeness (QED) is 0.474. The lowest BCUT2D eigenvalue weighted by Gasteiger charge is -2.36. The van der Waals surface area contributed by atoms with Crippen LogP contribution in [-0.4, -0.2) is 26.8 Å². The molecule has 1 atom stereocenters. The zero-order valence-electron chi connectivity index (χ0n) is 20.4. The number of amides is 1. The number of hydrogen-bond acceptors (Lipinski definition) is 1. The van der Waals surface area contributed by atoms with Crippen molar-refractivity contribution < 1.29 is 4.79 Å². The normalized spacial score (nSPS) is 28.9. The standard InChI is InChI=1S/C26H49B2NO/c1-25(19-13-9-7-5-3-4-6-8-10-14-20-25)27-28-26(2)21-15-11-12-16-23-29-24(30)18-17-22-26/h3-23H2,1-2H3,(H,29,30). The van der Waals surface area contributed by atoms with E-state index in [0.29, 0.717) is 11.7 Å². The summed E-state index contributed by atoms with van der Waals surface area (Å²) >= 11 is 0. The topological polar surface area (TPSA) is 29.1 Å². The molecule has 1 saturated heterocycles. The molecule has 0 aromatic carbocycles. The fraction of sp³-hybridized carbons (Fsp3) is 0.962. The van der Waals surface area contributed by atoms with E-state index in [1.807, 2.05) is 0 Å². The lowest BCUT2D eigenvalue weighted by atomic mass is 9.20. The van der Waals surface area contributed by atoms with Crippen LogP contribution < -0.4 is 5.32 Å². The van der Waals surface area contributed by atoms with Gasteiger partial charge in [0, 0.05) is 13.0 Å². The SMILES string of the molecule is CC1([B][B]C2(C)CCCCCCNC(=O)CCC2)CCCCCCCCCCCC1. The maximum Gasteiger partial charge on any atom is 0.219 e. The van der Waals surface area contributed by atoms with E-state index in [2.05, 4.69) is 33.5 Å². The van der Waals surface area contributed by atoms with E-state index in [9.17, 15) is 4.79 Å². The van der Waals surface area contributed by atoms with E-state index < -0.39 is 0 Å². The smallest absolute Gasteiger partial charge is 0.219 e. The first-order valence-corrected chi connectivity index (χ1v) is 13.5. The van der Waals surface area contributed by atoms with Crippen molar-refractivity contribution in [3.63, 3.8) is 0 Å². The molecular formula is C26H49B2NO. The predicted molar refractivity (Wildman–Crippen MR) is 134 cm³/mol. The fourth-order valence-electron chi connectivity index (χ4n) is 5.43. The first-order valence-electron chi connectivity index (χ1n) is 13.5. The monoisotopic (exact) mass is 413 g/mol. The van der Waals surface area contributed by atoms with Gasteiger partial charge in [0.05, 0.1) is 14.3 Å². The van der Waals surface area contributed by atoms with Crippen molar-refractivity contribution in [2.24, 2.45) is 0 Å². The summed E-state index contributed by atoms with van der Waals surface area (Å²) in [6.45, 7) is 5.85. The maximum atomic E-state index is 12.0. The van der Waals surface area contributed by atoms with Gasteiger partial charge in [0.1, 0.15) is 0 Å². The summed E-state index contributed by atoms with van der Waals surface area (Å²) in [5.41, 5.74) is 0. The molecule has 2 rings (SSSR count). The molecule has 2 radical (unpaired) electrons. The lowest BCUT2D eigenvalue weighted by molar-refractivity contribution is -0.121. The molecule has 0 aromatic rings. The van der Waals surface area contributed by atoms with Crippen molar-refractivity contribution >= 4 is 20.2 Å². The summed E-state index contributed by atoms with van der Waals surface area (Å²) in [5, 5.41) is 3.71. The van der Waals surface area contributed by atoms with Gasteiger partial charge < -0.3 is 5.32 Å². The number of carbonyl (C=O) groups is 1. The number of hydrogen-bond donors (Lipinski definition) is 1. The fourth-order valence-corrected chi connectivity index (χ4v) is 5.43. The van der Waals surface area contributed by atoms with E-state index in [4.69, 9.17) is 0 Å². The third kappa shape index (κ3) is 11.3. The largest absolute Gasteiger partial charge is 0.356 e. The molecule has 1 heterocycles. The Bertz CT molecular complexity index is 456. The molecule has 1 aliphatic carbocycles. The third-order valence-corrected chi connectivity index (χ3v) is 7.78. The highest BCUT2D eigenvalue weighted by molar-refractivity contribution is 7.03. The molecule has 1 amide bonds. The highest BCUT2D eigenvalue weighted by Gasteiger charge is 2.31. The minimum atomic E-state index is 0.254. The number of nitrogens with one attached hydrogen (secondary N) is 1. The molecule has 2 aliphatic rings. The molecule has 1 unspecified atom stereocenters. The van der Waals surface area contributed by atoms with E-state index >= 15 is 0 Å². The van der Waals surface area contributed by atoms with Crippen molar-refractivity contribution in [3.8, 4) is 0 Å². The van der Waals surface area contributed by atoms with Gasteiger partial charge in [-0.05, 0) is 12.8 Å². The van der Waals surface area contributed by atoms with Crippen LogP contribution in [0.1, 0.15) is 142 Å². The molecule has 2 fully saturated rings. The highest BCUT2D eigenvalue weighted by atomic mass is 16.1. The molecule has 0 bridgehead atoms. The molecule has 30 heavy (non-hydrogen) atoms. The molecule has 2 nitrogen and oxygen atoms in total. The Morgan fingerprint density at radius 1 is 0.567 bits per heavy atom. The van der Waals surface area contributed by atoms with Crippen molar-refractivity contribution in [3.05, 3.63) is 0 Å². The molecule has 1 N–H and O–H groups in total. The molecule has 0 spiro atoms. The molecular weight excluding hydrogens is 364 g/mol. The summed E-state index contributed by atoms with van der Waals surface area (Å²) in [4.78, 5) is 12.0. The molecule has 170 valence electrons. The van der Waals surface area contributed by atoms with Crippen LogP contribution in [0.15, 0.2) is 0 Å². The molecule has 4 heteroatoms. The average molecular weight is 413 g/mol. The van der Waals surface area contributed by atoms with Crippen LogP contribution >= 0.6 is 0 Å². The van der Waals surface area contributed by atoms with Crippen molar-refractivity contribution in [1.29, 1.82) is 0 Å². The van der Waals surface area contributed by atoms with Gasteiger partial charge in [-0.25, -0.2) is 0 Å². The van der Waals surface area contributed by atoms with Crippen LogP contribution in [-0.2, 0) is 4.79 Å². The Balaban J connectivity index is 1.90. The predicted octanol–water partition coefficient (Wildman–Crippen LogP) is 7.61. The second-order valence-electron chi connectivity index (χ2n) is 11.0. The average Bonchev–Trinajstić information content (AvgIpc) is 2.73. The summed E-state index contributed by atoms with van der Waals surface area (Å²) in [7, 11) is 5.22. The van der Waals surface area contributed by atoms with Gasteiger partial charge in [-0.3, -0.25) is 4.79 Å². The second kappa shape index (κ2) is 14.6. The third-order valence-electron chi connectivity index (χ3n) is 7.78. The Morgan fingerprint density at radius 2 is 0.933 bits per heavy atom. The minimum Gasteiger partial charge on any atom is -0.356 e. The zero-order chi connectivity index (χ0) is 21.5. The Kier molecular flexibility index (Phi) is 12.6. The summed E-state index contributed by atoms with van der Waals surface area (Å²) in [6, 6.07) is 0. The highest BCUT2D eigenvalue weighted by Crippen LogP contribution is 2.43.